The third-order valence-electron chi connectivity index (χ3n) is 6.40. The Hall–Kier alpha value is -1.85. The van der Waals surface area contributed by atoms with E-state index < -0.39 is 0 Å². The van der Waals surface area contributed by atoms with E-state index in [4.69, 9.17) is 4.52 Å². The average molecular weight is 359 g/mol. The van der Waals surface area contributed by atoms with Crippen LogP contribution in [0.5, 0.6) is 0 Å². The molecule has 0 atom stereocenters. The van der Waals surface area contributed by atoms with E-state index in [1.165, 1.54) is 25.5 Å². The first kappa shape index (κ1) is 17.6. The molecule has 4 fully saturated rings. The summed E-state index contributed by atoms with van der Waals surface area (Å²) in [6.45, 7) is 4.89. The van der Waals surface area contributed by atoms with Crippen LogP contribution in [0.3, 0.4) is 0 Å². The van der Waals surface area contributed by atoms with Crippen LogP contribution in [0.1, 0.15) is 52.4 Å². The molecule has 1 N–H and O–H groups in total. The maximum Gasteiger partial charge on any atom is 0.245 e. The van der Waals surface area contributed by atoms with Crippen molar-refractivity contribution in [2.24, 2.45) is 29.1 Å². The molecule has 1 aromatic rings. The number of nitrogens with zero attached hydrogens (tertiary/aromatic N) is 2. The highest BCUT2D eigenvalue weighted by Gasteiger charge is 2.55. The van der Waals surface area contributed by atoms with Crippen molar-refractivity contribution in [3.05, 3.63) is 12.3 Å². The Balaban J connectivity index is 1.48. The van der Waals surface area contributed by atoms with Gasteiger partial charge in [0, 0.05) is 12.6 Å². The van der Waals surface area contributed by atoms with Crippen LogP contribution in [-0.2, 0) is 9.59 Å². The van der Waals surface area contributed by atoms with Crippen LogP contribution < -0.4 is 5.32 Å². The van der Waals surface area contributed by atoms with Gasteiger partial charge in [-0.15, -0.1) is 0 Å². The van der Waals surface area contributed by atoms with Gasteiger partial charge in [-0.05, 0) is 62.2 Å². The first-order valence-corrected chi connectivity index (χ1v) is 9.93. The summed E-state index contributed by atoms with van der Waals surface area (Å²) in [5.41, 5.74) is -0.211. The van der Waals surface area contributed by atoms with Crippen LogP contribution in [0.2, 0.25) is 0 Å². The highest BCUT2D eigenvalue weighted by atomic mass is 16.5. The zero-order chi connectivity index (χ0) is 18.3. The van der Waals surface area contributed by atoms with Crippen LogP contribution in [-0.4, -0.2) is 35.0 Å². The quantitative estimate of drug-likeness (QED) is 0.845. The number of nitrogens with one attached hydrogen (secondary N) is 1. The van der Waals surface area contributed by atoms with E-state index in [0.29, 0.717) is 18.3 Å². The molecule has 0 spiro atoms. The molecule has 1 heterocycles. The Labute approximate surface area is 154 Å². The number of hydrogen-bond donors (Lipinski definition) is 1. The van der Waals surface area contributed by atoms with E-state index in [9.17, 15) is 9.59 Å². The lowest BCUT2D eigenvalue weighted by atomic mass is 9.49. The molecule has 4 bridgehead atoms. The summed E-state index contributed by atoms with van der Waals surface area (Å²) in [6.07, 6.45) is 8.42. The summed E-state index contributed by atoms with van der Waals surface area (Å²) in [6, 6.07) is 1.60. The molecule has 5 rings (SSSR count). The number of aromatic nitrogens is 1. The van der Waals surface area contributed by atoms with Crippen molar-refractivity contribution in [3.63, 3.8) is 0 Å². The number of rotatable bonds is 6. The van der Waals surface area contributed by atoms with E-state index in [-0.39, 0.29) is 23.8 Å². The fraction of sp³-hybridized carbons (Fsp3) is 0.750. The lowest BCUT2D eigenvalue weighted by Crippen LogP contribution is -2.56. The van der Waals surface area contributed by atoms with Gasteiger partial charge in [-0.1, -0.05) is 19.0 Å². The minimum Gasteiger partial charge on any atom is -0.363 e. The Morgan fingerprint density at radius 1 is 1.23 bits per heavy atom. The van der Waals surface area contributed by atoms with Gasteiger partial charge in [0.05, 0.1) is 12.0 Å². The van der Waals surface area contributed by atoms with Crippen LogP contribution in [0.15, 0.2) is 16.9 Å². The van der Waals surface area contributed by atoms with E-state index in [1.54, 1.807) is 11.0 Å². The smallest absolute Gasteiger partial charge is 0.245 e. The number of carbonyl (C=O) groups excluding carboxylic acids is 2. The molecule has 2 amide bonds. The minimum absolute atomic E-state index is 0.0889. The van der Waals surface area contributed by atoms with Gasteiger partial charge in [0.1, 0.15) is 6.26 Å². The molecule has 1 aromatic heterocycles. The summed E-state index contributed by atoms with van der Waals surface area (Å²) >= 11 is 0. The fourth-order valence-corrected chi connectivity index (χ4v) is 6.00. The van der Waals surface area contributed by atoms with Crippen LogP contribution >= 0.6 is 0 Å². The van der Waals surface area contributed by atoms with Gasteiger partial charge in [-0.2, -0.15) is 0 Å². The molecule has 142 valence electrons. The SMILES string of the molecule is CC(C)CN(CC(=O)Nc1ccon1)C(=O)C12CC3CC(CC(C3)C1)C2. The van der Waals surface area contributed by atoms with Crippen molar-refractivity contribution in [2.75, 3.05) is 18.4 Å². The van der Waals surface area contributed by atoms with Crippen LogP contribution in [0.25, 0.3) is 0 Å². The van der Waals surface area contributed by atoms with Crippen molar-refractivity contribution >= 4 is 17.6 Å². The third kappa shape index (κ3) is 3.38. The maximum absolute atomic E-state index is 13.6. The van der Waals surface area contributed by atoms with E-state index >= 15 is 0 Å². The van der Waals surface area contributed by atoms with Gasteiger partial charge in [0.2, 0.25) is 11.8 Å². The van der Waals surface area contributed by atoms with Crippen molar-refractivity contribution in [2.45, 2.75) is 52.4 Å². The lowest BCUT2D eigenvalue weighted by molar-refractivity contribution is -0.159. The predicted molar refractivity (Wildman–Crippen MR) is 97.2 cm³/mol. The van der Waals surface area contributed by atoms with Crippen LogP contribution in [0.4, 0.5) is 5.82 Å². The Bertz CT molecular complexity index is 633. The zero-order valence-electron chi connectivity index (χ0n) is 15.7. The lowest BCUT2D eigenvalue weighted by Gasteiger charge is -2.56. The van der Waals surface area contributed by atoms with Gasteiger partial charge < -0.3 is 14.7 Å². The van der Waals surface area contributed by atoms with Gasteiger partial charge in [0.25, 0.3) is 0 Å². The number of amides is 2. The van der Waals surface area contributed by atoms with Crippen molar-refractivity contribution in [3.8, 4) is 0 Å². The first-order chi connectivity index (χ1) is 12.4. The molecule has 0 unspecified atom stereocenters. The molecule has 0 aromatic carbocycles. The Morgan fingerprint density at radius 3 is 2.35 bits per heavy atom. The maximum atomic E-state index is 13.6. The average Bonchev–Trinajstić information content (AvgIpc) is 3.04. The van der Waals surface area contributed by atoms with Gasteiger partial charge >= 0.3 is 0 Å². The molecular weight excluding hydrogens is 330 g/mol. The standard InChI is InChI=1S/C20H29N3O3/c1-13(2)11-23(12-18(24)21-17-3-4-26-22-17)19(25)20-8-14-5-15(9-20)7-16(6-14)10-20/h3-4,13-16H,5-12H2,1-2H3,(H,21,22,24). The molecule has 4 aliphatic rings. The molecule has 6 heteroatoms. The summed E-state index contributed by atoms with van der Waals surface area (Å²) in [5, 5.41) is 6.43. The molecule has 6 nitrogen and oxygen atoms in total. The van der Waals surface area contributed by atoms with E-state index in [2.05, 4.69) is 24.3 Å². The first-order valence-electron chi connectivity index (χ1n) is 9.93. The molecule has 26 heavy (non-hydrogen) atoms. The molecule has 0 aliphatic heterocycles. The fourth-order valence-electron chi connectivity index (χ4n) is 6.00. The van der Waals surface area contributed by atoms with E-state index in [1.807, 2.05) is 0 Å². The van der Waals surface area contributed by atoms with Crippen molar-refractivity contribution in [1.82, 2.24) is 10.1 Å². The van der Waals surface area contributed by atoms with Gasteiger partial charge in [-0.25, -0.2) is 0 Å². The molecule has 4 saturated carbocycles. The highest BCUT2D eigenvalue weighted by molar-refractivity contribution is 5.94. The van der Waals surface area contributed by atoms with Crippen LogP contribution in [0, 0.1) is 29.1 Å². The van der Waals surface area contributed by atoms with Crippen molar-refractivity contribution < 1.29 is 14.1 Å². The number of anilines is 1. The summed E-state index contributed by atoms with van der Waals surface area (Å²) in [7, 11) is 0. The van der Waals surface area contributed by atoms with E-state index in [0.717, 1.165) is 37.0 Å². The predicted octanol–water partition coefficient (Wildman–Crippen LogP) is 3.31. The largest absolute Gasteiger partial charge is 0.363 e. The molecular formula is C20H29N3O3. The molecule has 0 saturated heterocycles. The Kier molecular flexibility index (Phi) is 4.53. The number of hydrogen-bond acceptors (Lipinski definition) is 4. The Morgan fingerprint density at radius 2 is 1.85 bits per heavy atom. The molecule has 4 aliphatic carbocycles. The van der Waals surface area contributed by atoms with Gasteiger partial charge in [0.15, 0.2) is 5.82 Å². The summed E-state index contributed by atoms with van der Waals surface area (Å²) in [5.74, 6) is 2.87. The number of carbonyl (C=O) groups is 2. The second-order valence-electron chi connectivity index (χ2n) is 9.21. The van der Waals surface area contributed by atoms with Gasteiger partial charge in [-0.3, -0.25) is 9.59 Å². The summed E-state index contributed by atoms with van der Waals surface area (Å²) in [4.78, 5) is 27.8. The zero-order valence-corrected chi connectivity index (χ0v) is 15.7. The third-order valence-corrected chi connectivity index (χ3v) is 6.40. The molecule has 0 radical (unpaired) electrons. The topological polar surface area (TPSA) is 75.4 Å². The highest BCUT2D eigenvalue weighted by Crippen LogP contribution is 2.60. The second kappa shape index (κ2) is 6.71. The second-order valence-corrected chi connectivity index (χ2v) is 9.21. The minimum atomic E-state index is -0.211. The normalized spacial score (nSPS) is 32.0. The summed E-state index contributed by atoms with van der Waals surface area (Å²) < 4.78 is 4.75. The van der Waals surface area contributed by atoms with Crippen molar-refractivity contribution in [1.29, 1.82) is 0 Å². The monoisotopic (exact) mass is 359 g/mol.